The van der Waals surface area contributed by atoms with Crippen LogP contribution < -0.4 is 14.8 Å². The first-order valence-electron chi connectivity index (χ1n) is 11.9. The van der Waals surface area contributed by atoms with Gasteiger partial charge in [0.2, 0.25) is 5.82 Å². The van der Waals surface area contributed by atoms with Gasteiger partial charge in [0.25, 0.3) is 5.91 Å². The van der Waals surface area contributed by atoms with Crippen LogP contribution in [0.1, 0.15) is 46.3 Å². The van der Waals surface area contributed by atoms with Crippen LogP contribution in [0.2, 0.25) is 0 Å². The molecule has 1 heterocycles. The van der Waals surface area contributed by atoms with Gasteiger partial charge in [-0.3, -0.25) is 4.79 Å². The molecule has 0 radical (unpaired) electrons. The van der Waals surface area contributed by atoms with E-state index in [0.29, 0.717) is 39.7 Å². The number of nitrogens with one attached hydrogen (secondary N) is 1. The van der Waals surface area contributed by atoms with Crippen LogP contribution in [0.15, 0.2) is 60.7 Å². The molecule has 0 saturated carbocycles. The van der Waals surface area contributed by atoms with Gasteiger partial charge in [-0.1, -0.05) is 44.0 Å². The van der Waals surface area contributed by atoms with E-state index in [1.165, 1.54) is 31.9 Å². The molecule has 8 heteroatoms. The number of rotatable bonds is 8. The molecule has 8 nitrogen and oxygen atoms in total. The van der Waals surface area contributed by atoms with Gasteiger partial charge in [-0.05, 0) is 41.8 Å². The number of esters is 1. The number of benzene rings is 3. The molecule has 4 aromatic rings. The lowest BCUT2D eigenvalue weighted by Crippen LogP contribution is -2.17. The predicted molar refractivity (Wildman–Crippen MR) is 146 cm³/mol. The van der Waals surface area contributed by atoms with E-state index in [-0.39, 0.29) is 18.0 Å². The zero-order valence-corrected chi connectivity index (χ0v) is 21.6. The Hall–Kier alpha value is -4.90. The van der Waals surface area contributed by atoms with Gasteiger partial charge in [0.1, 0.15) is 18.1 Å². The molecule has 1 N–H and O–H groups in total. The van der Waals surface area contributed by atoms with E-state index < -0.39 is 11.9 Å². The first-order valence-corrected chi connectivity index (χ1v) is 11.9. The summed E-state index contributed by atoms with van der Waals surface area (Å²) in [6.45, 7) is 4.37. The third-order valence-electron chi connectivity index (χ3n) is 5.86. The van der Waals surface area contributed by atoms with Crippen LogP contribution in [0.25, 0.3) is 22.2 Å². The summed E-state index contributed by atoms with van der Waals surface area (Å²) in [6, 6.07) is 17.9. The highest BCUT2D eigenvalue weighted by Gasteiger charge is 2.18. The topological polar surface area (TPSA) is 99.6 Å². The number of anilines is 1. The number of fused-ring (bicyclic) bond motifs is 1. The number of carbonyl (C=O) groups is 2. The second kappa shape index (κ2) is 11.4. The minimum atomic E-state index is -0.559. The lowest BCUT2D eigenvalue weighted by Gasteiger charge is -2.13. The molecule has 0 unspecified atom stereocenters. The van der Waals surface area contributed by atoms with Gasteiger partial charge in [0.05, 0.1) is 31.0 Å². The Morgan fingerprint density at radius 2 is 1.74 bits per heavy atom. The molecule has 1 amide bonds. The molecular weight excluding hydrogens is 482 g/mol. The monoisotopic (exact) mass is 509 g/mol. The third-order valence-corrected chi connectivity index (χ3v) is 5.86. The molecule has 0 aliphatic carbocycles. The van der Waals surface area contributed by atoms with Crippen molar-refractivity contribution in [3.63, 3.8) is 0 Å². The molecule has 192 valence electrons. The standard InChI is InChI=1S/C30H27N3O5/c1-6-13-38-23-11-12-26-25(17-23)27(20-9-7-19(8-10-20)18(2)3)33-28(32-26)29(34)31-22-14-21(30(35)37-5)15-24(16-22)36-4/h1,7-12,14-18H,13H2,2-5H3,(H,31,34). The van der Waals surface area contributed by atoms with Gasteiger partial charge in [-0.25, -0.2) is 14.8 Å². The summed E-state index contributed by atoms with van der Waals surface area (Å²) in [5, 5.41) is 3.47. The highest BCUT2D eigenvalue weighted by molar-refractivity contribution is 6.05. The summed E-state index contributed by atoms with van der Waals surface area (Å²) in [4.78, 5) is 34.5. The van der Waals surface area contributed by atoms with Gasteiger partial charge in [-0.15, -0.1) is 6.42 Å². The van der Waals surface area contributed by atoms with Crippen molar-refractivity contribution in [2.45, 2.75) is 19.8 Å². The fraction of sp³-hybridized carbons (Fsp3) is 0.200. The first-order chi connectivity index (χ1) is 18.3. The number of hydrogen-bond acceptors (Lipinski definition) is 7. The first kappa shape index (κ1) is 26.2. The van der Waals surface area contributed by atoms with Crippen LogP contribution in [0.3, 0.4) is 0 Å². The van der Waals surface area contributed by atoms with E-state index in [9.17, 15) is 9.59 Å². The molecule has 3 aromatic carbocycles. The van der Waals surface area contributed by atoms with Crippen molar-refractivity contribution in [3.8, 4) is 35.1 Å². The van der Waals surface area contributed by atoms with Crippen LogP contribution in [0.5, 0.6) is 11.5 Å². The number of amides is 1. The van der Waals surface area contributed by atoms with Gasteiger partial charge < -0.3 is 19.5 Å². The Kier molecular flexibility index (Phi) is 7.88. The van der Waals surface area contributed by atoms with Crippen LogP contribution in [-0.2, 0) is 4.74 Å². The highest BCUT2D eigenvalue weighted by Crippen LogP contribution is 2.31. The minimum Gasteiger partial charge on any atom is -0.497 e. The molecule has 0 spiro atoms. The number of carbonyl (C=O) groups excluding carboxylic acids is 2. The number of nitrogens with zero attached hydrogens (tertiary/aromatic N) is 2. The quantitative estimate of drug-likeness (QED) is 0.248. The van der Waals surface area contributed by atoms with E-state index in [2.05, 4.69) is 35.1 Å². The molecular formula is C30H27N3O5. The molecule has 38 heavy (non-hydrogen) atoms. The second-order valence-corrected chi connectivity index (χ2v) is 8.74. The smallest absolute Gasteiger partial charge is 0.338 e. The molecule has 4 rings (SSSR count). The SMILES string of the molecule is C#CCOc1ccc2nc(C(=O)Nc3cc(OC)cc(C(=O)OC)c3)nc(-c3ccc(C(C)C)cc3)c2c1. The average molecular weight is 510 g/mol. The minimum absolute atomic E-state index is 0.0415. The number of methoxy groups -OCH3 is 2. The van der Waals surface area contributed by atoms with Crippen molar-refractivity contribution in [3.05, 3.63) is 77.6 Å². The fourth-order valence-electron chi connectivity index (χ4n) is 3.88. The average Bonchev–Trinajstić information content (AvgIpc) is 2.94. The van der Waals surface area contributed by atoms with E-state index in [1.54, 1.807) is 18.2 Å². The zero-order valence-electron chi connectivity index (χ0n) is 21.6. The van der Waals surface area contributed by atoms with Crippen molar-refractivity contribution in [2.24, 2.45) is 0 Å². The van der Waals surface area contributed by atoms with E-state index >= 15 is 0 Å². The van der Waals surface area contributed by atoms with E-state index in [0.717, 1.165) is 5.56 Å². The van der Waals surface area contributed by atoms with E-state index in [1.807, 2.05) is 30.3 Å². The zero-order chi connectivity index (χ0) is 27.2. The number of terminal acetylenes is 1. The van der Waals surface area contributed by atoms with Gasteiger partial charge in [-0.2, -0.15) is 0 Å². The summed E-state index contributed by atoms with van der Waals surface area (Å²) >= 11 is 0. The van der Waals surface area contributed by atoms with Crippen LogP contribution >= 0.6 is 0 Å². The van der Waals surface area contributed by atoms with Crippen molar-refractivity contribution in [2.75, 3.05) is 26.1 Å². The fourth-order valence-corrected chi connectivity index (χ4v) is 3.88. The van der Waals surface area contributed by atoms with Crippen LogP contribution in [-0.4, -0.2) is 42.7 Å². The number of aromatic nitrogens is 2. The Morgan fingerprint density at radius 1 is 0.974 bits per heavy atom. The number of ether oxygens (including phenoxy) is 3. The Bertz CT molecular complexity index is 1540. The lowest BCUT2D eigenvalue weighted by atomic mass is 9.99. The molecule has 1 aromatic heterocycles. The third kappa shape index (κ3) is 5.73. The maximum absolute atomic E-state index is 13.3. The molecule has 0 atom stereocenters. The maximum Gasteiger partial charge on any atom is 0.338 e. The lowest BCUT2D eigenvalue weighted by molar-refractivity contribution is 0.0600. The summed E-state index contributed by atoms with van der Waals surface area (Å²) in [5.41, 5.74) is 3.69. The van der Waals surface area contributed by atoms with Crippen molar-refractivity contribution in [1.82, 2.24) is 9.97 Å². The predicted octanol–water partition coefficient (Wildman–Crippen LogP) is 5.48. The Balaban J connectivity index is 1.78. The highest BCUT2D eigenvalue weighted by atomic mass is 16.5. The van der Waals surface area contributed by atoms with Crippen LogP contribution in [0, 0.1) is 12.3 Å². The van der Waals surface area contributed by atoms with Gasteiger partial charge in [0.15, 0.2) is 0 Å². The normalized spacial score (nSPS) is 10.6. The molecule has 0 aliphatic heterocycles. The molecule has 0 fully saturated rings. The van der Waals surface area contributed by atoms with Gasteiger partial charge in [0, 0.05) is 22.7 Å². The van der Waals surface area contributed by atoms with E-state index in [4.69, 9.17) is 20.6 Å². The maximum atomic E-state index is 13.3. The molecule has 0 aliphatic rings. The summed E-state index contributed by atoms with van der Waals surface area (Å²) in [5.74, 6) is 2.62. The van der Waals surface area contributed by atoms with Gasteiger partial charge >= 0.3 is 5.97 Å². The van der Waals surface area contributed by atoms with Crippen molar-refractivity contribution in [1.29, 1.82) is 0 Å². The van der Waals surface area contributed by atoms with Crippen molar-refractivity contribution >= 4 is 28.5 Å². The molecule has 0 saturated heterocycles. The Labute approximate surface area is 221 Å². The summed E-state index contributed by atoms with van der Waals surface area (Å²) < 4.78 is 15.7. The molecule has 0 bridgehead atoms. The van der Waals surface area contributed by atoms with Crippen LogP contribution in [0.4, 0.5) is 5.69 Å². The summed E-state index contributed by atoms with van der Waals surface area (Å²) in [7, 11) is 2.74. The number of hydrogen-bond donors (Lipinski definition) is 1. The summed E-state index contributed by atoms with van der Waals surface area (Å²) in [6.07, 6.45) is 5.34. The van der Waals surface area contributed by atoms with Crippen molar-refractivity contribution < 1.29 is 23.8 Å². The largest absolute Gasteiger partial charge is 0.497 e. The Morgan fingerprint density at radius 3 is 2.39 bits per heavy atom. The second-order valence-electron chi connectivity index (χ2n) is 8.74.